The van der Waals surface area contributed by atoms with Crippen LogP contribution in [-0.4, -0.2) is 163 Å². The van der Waals surface area contributed by atoms with Gasteiger partial charge in [0.25, 0.3) is 5.75 Å². The zero-order valence-corrected chi connectivity index (χ0v) is 34.1. The number of nitrogens with zero attached hydrogens (tertiary/aromatic N) is 3. The number of rotatable bonds is 9. The molecule has 7 atom stereocenters. The summed E-state index contributed by atoms with van der Waals surface area (Å²) in [7, 11) is 1.76. The van der Waals surface area contributed by atoms with Crippen molar-refractivity contribution in [1.29, 1.82) is 0 Å². The number of nitro benzene ring substituents is 2. The average molecular weight is 931 g/mol. The van der Waals surface area contributed by atoms with Crippen LogP contribution in [0, 0.1) is 20.2 Å². The molecule has 0 radical (unpaired) electrons. The zero-order chi connectivity index (χ0) is 47.3. The largest absolute Gasteiger partial charge is 0.497 e. The van der Waals surface area contributed by atoms with Crippen molar-refractivity contribution in [3.63, 3.8) is 0 Å². The summed E-state index contributed by atoms with van der Waals surface area (Å²) in [4.78, 5) is 150. The molecule has 0 aromatic heterocycles. The third kappa shape index (κ3) is 14.9. The van der Waals surface area contributed by atoms with E-state index >= 15 is 0 Å². The normalized spacial score (nSPS) is 25.2. The third-order valence-corrected chi connectivity index (χ3v) is 11.4. The highest BCUT2D eigenvalue weighted by Crippen LogP contribution is 2.37. The van der Waals surface area contributed by atoms with E-state index in [1.807, 2.05) is 0 Å². The van der Waals surface area contributed by atoms with Crippen LogP contribution < -0.4 is 49.1 Å². The molecule has 29 nitrogen and oxygen atoms in total. The van der Waals surface area contributed by atoms with E-state index in [1.54, 1.807) is 0 Å². The molecule has 0 aliphatic carbocycles. The number of nitrogens with one attached hydrogen (secondary N) is 6. The maximum Gasteiger partial charge on any atom is 0.318 e. The van der Waals surface area contributed by atoms with E-state index in [2.05, 4.69) is 31.9 Å². The van der Waals surface area contributed by atoms with Gasteiger partial charge >= 0.3 is 17.3 Å². The quantitative estimate of drug-likeness (QED) is 0.0622. The minimum absolute atomic E-state index is 0.237. The van der Waals surface area contributed by atoms with Gasteiger partial charge in [0.15, 0.2) is 0 Å². The minimum atomic E-state index is -1.88. The van der Waals surface area contributed by atoms with Crippen LogP contribution in [0.1, 0.15) is 24.8 Å². The van der Waals surface area contributed by atoms with Crippen molar-refractivity contribution >= 4 is 92.1 Å². The number of benzene rings is 1. The van der Waals surface area contributed by atoms with E-state index in [0.717, 1.165) is 26.5 Å². The summed E-state index contributed by atoms with van der Waals surface area (Å²) in [6, 6.07) is -8.57. The van der Waals surface area contributed by atoms with Crippen LogP contribution >= 0.6 is 21.6 Å². The molecular formula is C32H42N12O17S2. The van der Waals surface area contributed by atoms with E-state index in [4.69, 9.17) is 17.2 Å². The molecule has 1 aromatic carbocycles. The second kappa shape index (κ2) is 22.8. The number of nitro groups is 2. The minimum Gasteiger partial charge on any atom is -0.497 e. The number of carbonyl (C=O) groups excluding carboxylic acids is 9. The average Bonchev–Trinajstić information content (AvgIpc) is 3.60. The van der Waals surface area contributed by atoms with Gasteiger partial charge in [0.2, 0.25) is 53.2 Å². The van der Waals surface area contributed by atoms with E-state index in [0.29, 0.717) is 12.1 Å². The van der Waals surface area contributed by atoms with E-state index < -0.39 is 174 Å². The number of aliphatic carboxylic acids is 1. The van der Waals surface area contributed by atoms with Gasteiger partial charge in [0, 0.05) is 43.0 Å². The Kier molecular flexibility index (Phi) is 18.3. The van der Waals surface area contributed by atoms with Gasteiger partial charge in [-0.05, 0) is 5.56 Å². The molecular weight excluding hydrogens is 889 g/mol. The highest BCUT2D eigenvalue weighted by atomic mass is 33.1. The highest BCUT2D eigenvalue weighted by molar-refractivity contribution is 8.76. The van der Waals surface area contributed by atoms with E-state index in [-0.39, 0.29) is 17.1 Å². The summed E-state index contributed by atoms with van der Waals surface area (Å²) < 4.78 is 0. The summed E-state index contributed by atoms with van der Waals surface area (Å²) in [6.07, 6.45) is -4.39. The fourth-order valence-electron chi connectivity index (χ4n) is 5.88. The molecule has 63 heavy (non-hydrogen) atoms. The molecule has 344 valence electrons. The van der Waals surface area contributed by atoms with Gasteiger partial charge in [-0.15, -0.1) is 0 Å². The SMILES string of the molecule is NC(=O)C[C@@H]1NC(=O)[C@@H]2C[C@@H](O)CN2C(=O)CNC(=O)[C@H](Cc2cc([N+](=O)[O-])c(O)c([N+](=O)[O-])c2)NC(=O)CNC(=O)[C@@H](CC(=O)O)NC(=O)[C@H](N)CSSC[C@H](C(N)=O)NC1=O. The molecule has 2 aliphatic rings. The number of primary amides is 2. The molecule has 9 amide bonds. The molecule has 2 saturated heterocycles. The Labute approximate surface area is 361 Å². The monoisotopic (exact) mass is 930 g/mol. The molecule has 2 heterocycles. The number of phenolic OH excluding ortho intramolecular Hbond substituents is 1. The number of nitrogens with two attached hydrogens (primary N) is 3. The Morgan fingerprint density at radius 3 is 1.90 bits per heavy atom. The topological polar surface area (TPSA) is 471 Å². The predicted molar refractivity (Wildman–Crippen MR) is 213 cm³/mol. The number of phenols is 1. The fourth-order valence-corrected chi connectivity index (χ4v) is 8.18. The summed E-state index contributed by atoms with van der Waals surface area (Å²) in [6.45, 7) is -2.49. The molecule has 2 aliphatic heterocycles. The number of carbonyl (C=O) groups is 10. The van der Waals surface area contributed by atoms with Crippen LogP contribution in [0.25, 0.3) is 0 Å². The number of fused-ring (bicyclic) bond motifs is 1. The van der Waals surface area contributed by atoms with Crippen molar-refractivity contribution in [2.45, 2.75) is 68.0 Å². The van der Waals surface area contributed by atoms with Gasteiger partial charge < -0.3 is 69.3 Å². The van der Waals surface area contributed by atoms with Gasteiger partial charge in [0.1, 0.15) is 30.2 Å². The zero-order valence-electron chi connectivity index (χ0n) is 32.5. The first-order chi connectivity index (χ1) is 29.5. The lowest BCUT2D eigenvalue weighted by Crippen LogP contribution is -2.58. The standard InChI is InChI=1S/C32H42N12O17S2/c33-14-10-62-63-11-18(27(35)52)41-31(56)16(5-22(34)46)40-32(57)21-4-13(45)9-42(21)24(48)8-37-29(54)15(1-12-2-19(43(58)59)26(51)20(3-12)44(60)61)38-23(47)7-36-30(55)17(6-25(49)50)39-28(14)53/h2-3,13-18,21,45,51H,1,4-11,33H2,(H2,34,46)(H2,35,52)(H,36,55)(H,37,54)(H,38,47)(H,39,53)(H,40,57)(H,41,56)(H,49,50)/t13-,14-,15+,16+,17-,18-,21+/m1/s1. The Hall–Kier alpha value is -6.86. The second-order valence-electron chi connectivity index (χ2n) is 13.7. The van der Waals surface area contributed by atoms with Crippen molar-refractivity contribution in [3.05, 3.63) is 37.9 Å². The van der Waals surface area contributed by atoms with Crippen molar-refractivity contribution < 1.29 is 73.1 Å². The van der Waals surface area contributed by atoms with Crippen molar-refractivity contribution in [2.75, 3.05) is 31.1 Å². The van der Waals surface area contributed by atoms with E-state index in [1.165, 1.54) is 0 Å². The van der Waals surface area contributed by atoms with Gasteiger partial charge in [-0.25, -0.2) is 0 Å². The Morgan fingerprint density at radius 1 is 0.778 bits per heavy atom. The van der Waals surface area contributed by atoms with Crippen LogP contribution in [-0.2, 0) is 54.4 Å². The maximum absolute atomic E-state index is 13.6. The lowest BCUT2D eigenvalue weighted by molar-refractivity contribution is -0.396. The second-order valence-corrected chi connectivity index (χ2v) is 16.3. The van der Waals surface area contributed by atoms with Crippen molar-refractivity contribution in [1.82, 2.24) is 36.8 Å². The molecule has 31 heteroatoms. The summed E-state index contributed by atoms with van der Waals surface area (Å²) >= 11 is 0. The Balaban J connectivity index is 2.01. The number of aliphatic hydroxyl groups is 1. The number of carboxylic acid groups (broad SMARTS) is 1. The molecule has 0 unspecified atom stereocenters. The van der Waals surface area contributed by atoms with Gasteiger partial charge in [-0.1, -0.05) is 21.6 Å². The van der Waals surface area contributed by atoms with Gasteiger partial charge in [-0.3, -0.25) is 68.2 Å². The van der Waals surface area contributed by atoms with Gasteiger partial charge in [-0.2, -0.15) is 0 Å². The van der Waals surface area contributed by atoms with Crippen molar-refractivity contribution in [3.8, 4) is 5.75 Å². The number of aromatic hydroxyl groups is 1. The number of hydrogen-bond donors (Lipinski definition) is 12. The van der Waals surface area contributed by atoms with Gasteiger partial charge in [0.05, 0.1) is 47.9 Å². The van der Waals surface area contributed by atoms with E-state index in [9.17, 15) is 83.5 Å². The third-order valence-electron chi connectivity index (χ3n) is 8.97. The number of carboxylic acids is 1. The van der Waals surface area contributed by atoms with Crippen molar-refractivity contribution in [2.24, 2.45) is 17.2 Å². The predicted octanol–water partition coefficient (Wildman–Crippen LogP) is -6.56. The highest BCUT2D eigenvalue weighted by Gasteiger charge is 2.41. The molecule has 0 spiro atoms. The molecule has 2 fully saturated rings. The number of hydrogen-bond acceptors (Lipinski definition) is 19. The summed E-state index contributed by atoms with van der Waals surface area (Å²) in [5.74, 6) is -13.5. The molecule has 1 aromatic rings. The van der Waals surface area contributed by atoms with Crippen LogP contribution in [0.3, 0.4) is 0 Å². The molecule has 15 N–H and O–H groups in total. The molecule has 0 saturated carbocycles. The van der Waals surface area contributed by atoms with Crippen LogP contribution in [0.2, 0.25) is 0 Å². The Morgan fingerprint density at radius 2 is 1.33 bits per heavy atom. The number of amides is 9. The first kappa shape index (κ1) is 50.5. The lowest BCUT2D eigenvalue weighted by atomic mass is 10.0. The summed E-state index contributed by atoms with van der Waals surface area (Å²) in [5, 5.41) is 66.0. The van der Waals surface area contributed by atoms with Crippen LogP contribution in [0.5, 0.6) is 5.75 Å². The first-order valence-corrected chi connectivity index (χ1v) is 20.6. The molecule has 0 bridgehead atoms. The van der Waals surface area contributed by atoms with Crippen LogP contribution in [0.4, 0.5) is 11.4 Å². The number of aliphatic hydroxyl groups excluding tert-OH is 1. The Bertz CT molecular complexity index is 2010. The molecule has 3 rings (SSSR count). The lowest BCUT2D eigenvalue weighted by Gasteiger charge is -2.27. The maximum atomic E-state index is 13.6. The smallest absolute Gasteiger partial charge is 0.318 e. The first-order valence-electron chi connectivity index (χ1n) is 18.2. The summed E-state index contributed by atoms with van der Waals surface area (Å²) in [5.41, 5.74) is 13.9. The fraction of sp³-hybridized carbons (Fsp3) is 0.500. The van der Waals surface area contributed by atoms with Crippen LogP contribution in [0.15, 0.2) is 12.1 Å².